The van der Waals surface area contributed by atoms with E-state index in [1.165, 1.54) is 12.8 Å². The van der Waals surface area contributed by atoms with Crippen molar-refractivity contribution in [2.75, 3.05) is 18.5 Å². The van der Waals surface area contributed by atoms with E-state index < -0.39 is 6.10 Å². The lowest BCUT2D eigenvalue weighted by Crippen LogP contribution is -2.39. The molecule has 5 nitrogen and oxygen atoms in total. The lowest BCUT2D eigenvalue weighted by molar-refractivity contribution is -0.133. The maximum atomic E-state index is 11.8. The largest absolute Gasteiger partial charge is 0.368 e. The number of nitrogens with one attached hydrogen (secondary N) is 2. The van der Waals surface area contributed by atoms with Crippen LogP contribution in [0, 0.1) is 12.8 Å². The van der Waals surface area contributed by atoms with Crippen molar-refractivity contribution >= 4 is 29.1 Å². The maximum Gasteiger partial charge on any atom is 0.249 e. The Labute approximate surface area is 135 Å². The van der Waals surface area contributed by atoms with Gasteiger partial charge in [-0.1, -0.05) is 17.7 Å². The summed E-state index contributed by atoms with van der Waals surface area (Å²) >= 11 is 6.04. The summed E-state index contributed by atoms with van der Waals surface area (Å²) in [6.07, 6.45) is 1.80. The number of hydrogen-bond acceptors (Lipinski definition) is 3. The van der Waals surface area contributed by atoms with Crippen LogP contribution in [0.4, 0.5) is 5.69 Å². The van der Waals surface area contributed by atoms with Gasteiger partial charge in [-0.15, -0.1) is 0 Å². The lowest BCUT2D eigenvalue weighted by Gasteiger charge is -2.13. The molecule has 0 spiro atoms. The summed E-state index contributed by atoms with van der Waals surface area (Å²) < 4.78 is 5.45. The van der Waals surface area contributed by atoms with Gasteiger partial charge in [0.25, 0.3) is 0 Å². The van der Waals surface area contributed by atoms with E-state index in [9.17, 15) is 9.59 Å². The first kappa shape index (κ1) is 16.8. The van der Waals surface area contributed by atoms with Gasteiger partial charge in [0.1, 0.15) is 6.10 Å². The third kappa shape index (κ3) is 5.31. The minimum absolute atomic E-state index is 0.111. The molecule has 1 atom stereocenters. The SMILES string of the molecule is Cc1ccc(NC(=O)CNC(=O)C(C)OCC2CC2)c(Cl)c1. The van der Waals surface area contributed by atoms with E-state index in [1.807, 2.05) is 13.0 Å². The predicted octanol–water partition coefficient (Wildman–Crippen LogP) is 2.52. The molecule has 6 heteroatoms. The summed E-state index contributed by atoms with van der Waals surface area (Å²) in [4.78, 5) is 23.6. The molecule has 0 radical (unpaired) electrons. The van der Waals surface area contributed by atoms with Crippen molar-refractivity contribution in [2.45, 2.75) is 32.8 Å². The lowest BCUT2D eigenvalue weighted by atomic mass is 10.2. The molecule has 0 aliphatic heterocycles. The zero-order chi connectivity index (χ0) is 16.1. The number of carbonyl (C=O) groups excluding carboxylic acids is 2. The molecule has 1 aliphatic rings. The molecule has 1 aromatic carbocycles. The van der Waals surface area contributed by atoms with Crippen molar-refractivity contribution in [3.63, 3.8) is 0 Å². The van der Waals surface area contributed by atoms with Crippen LogP contribution in [0.1, 0.15) is 25.3 Å². The van der Waals surface area contributed by atoms with Gasteiger partial charge < -0.3 is 15.4 Å². The van der Waals surface area contributed by atoms with Crippen LogP contribution in [0.5, 0.6) is 0 Å². The summed E-state index contributed by atoms with van der Waals surface area (Å²) in [6.45, 7) is 4.10. The first-order valence-electron chi connectivity index (χ1n) is 7.41. The van der Waals surface area contributed by atoms with E-state index in [2.05, 4.69) is 10.6 Å². The normalized spacial score (nSPS) is 15.2. The molecular formula is C16H21ClN2O3. The Kier molecular flexibility index (Phi) is 5.80. The van der Waals surface area contributed by atoms with E-state index in [-0.39, 0.29) is 18.4 Å². The van der Waals surface area contributed by atoms with Gasteiger partial charge in [0.15, 0.2) is 0 Å². The standard InChI is InChI=1S/C16H21ClN2O3/c1-10-3-6-14(13(17)7-10)19-15(20)8-18-16(21)11(2)22-9-12-4-5-12/h3,6-7,11-12H,4-5,8-9H2,1-2H3,(H,18,21)(H,19,20). The summed E-state index contributed by atoms with van der Waals surface area (Å²) in [6, 6.07) is 5.36. The smallest absolute Gasteiger partial charge is 0.249 e. The topological polar surface area (TPSA) is 67.4 Å². The van der Waals surface area contributed by atoms with E-state index in [1.54, 1.807) is 19.1 Å². The zero-order valence-electron chi connectivity index (χ0n) is 12.8. The van der Waals surface area contributed by atoms with Gasteiger partial charge in [-0.3, -0.25) is 9.59 Å². The molecule has 0 heterocycles. The van der Waals surface area contributed by atoms with Crippen LogP contribution in [-0.4, -0.2) is 31.1 Å². The third-order valence-corrected chi connectivity index (χ3v) is 3.78. The van der Waals surface area contributed by atoms with Gasteiger partial charge in [0, 0.05) is 0 Å². The Morgan fingerprint density at radius 1 is 1.41 bits per heavy atom. The highest BCUT2D eigenvalue weighted by Gasteiger charge is 2.24. The number of aryl methyl sites for hydroxylation is 1. The second-order valence-electron chi connectivity index (χ2n) is 5.67. The molecule has 1 unspecified atom stereocenters. The number of ether oxygens (including phenoxy) is 1. The monoisotopic (exact) mass is 324 g/mol. The number of carbonyl (C=O) groups is 2. The number of anilines is 1. The first-order valence-corrected chi connectivity index (χ1v) is 7.79. The third-order valence-electron chi connectivity index (χ3n) is 3.47. The predicted molar refractivity (Wildman–Crippen MR) is 86.0 cm³/mol. The number of benzene rings is 1. The first-order chi connectivity index (χ1) is 10.5. The van der Waals surface area contributed by atoms with Crippen LogP contribution in [0.2, 0.25) is 5.02 Å². The fourth-order valence-corrected chi connectivity index (χ4v) is 2.15. The van der Waals surface area contributed by atoms with Crippen molar-refractivity contribution in [3.8, 4) is 0 Å². The zero-order valence-corrected chi connectivity index (χ0v) is 13.6. The molecule has 1 fully saturated rings. The Hall–Kier alpha value is -1.59. The number of amides is 2. The van der Waals surface area contributed by atoms with E-state index in [4.69, 9.17) is 16.3 Å². The fraction of sp³-hybridized carbons (Fsp3) is 0.500. The van der Waals surface area contributed by atoms with E-state index in [0.717, 1.165) is 5.56 Å². The number of halogens is 1. The van der Waals surface area contributed by atoms with Gasteiger partial charge in [0.2, 0.25) is 11.8 Å². The highest BCUT2D eigenvalue weighted by atomic mass is 35.5. The maximum absolute atomic E-state index is 11.8. The highest BCUT2D eigenvalue weighted by molar-refractivity contribution is 6.33. The molecule has 1 aliphatic carbocycles. The second kappa shape index (κ2) is 7.61. The molecule has 2 amide bonds. The van der Waals surface area contributed by atoms with Crippen molar-refractivity contribution in [3.05, 3.63) is 28.8 Å². The van der Waals surface area contributed by atoms with Crippen LogP contribution >= 0.6 is 11.6 Å². The molecule has 0 saturated heterocycles. The average molecular weight is 325 g/mol. The molecule has 0 aromatic heterocycles. The minimum Gasteiger partial charge on any atom is -0.368 e. The molecule has 2 N–H and O–H groups in total. The fourth-order valence-electron chi connectivity index (χ4n) is 1.87. The second-order valence-corrected chi connectivity index (χ2v) is 6.08. The Morgan fingerprint density at radius 3 is 2.77 bits per heavy atom. The van der Waals surface area contributed by atoms with Gasteiger partial charge in [-0.2, -0.15) is 0 Å². The number of rotatable bonds is 7. The van der Waals surface area contributed by atoms with Gasteiger partial charge in [-0.25, -0.2) is 0 Å². The highest BCUT2D eigenvalue weighted by Crippen LogP contribution is 2.29. The van der Waals surface area contributed by atoms with Crippen molar-refractivity contribution < 1.29 is 14.3 Å². The Bertz CT molecular complexity index is 558. The van der Waals surface area contributed by atoms with Crippen LogP contribution in [0.15, 0.2) is 18.2 Å². The van der Waals surface area contributed by atoms with E-state index >= 15 is 0 Å². The summed E-state index contributed by atoms with van der Waals surface area (Å²) in [5.41, 5.74) is 1.54. The molecular weight excluding hydrogens is 304 g/mol. The van der Waals surface area contributed by atoms with Gasteiger partial charge in [0.05, 0.1) is 23.9 Å². The molecule has 22 heavy (non-hydrogen) atoms. The van der Waals surface area contributed by atoms with E-state index in [0.29, 0.717) is 23.2 Å². The minimum atomic E-state index is -0.545. The molecule has 120 valence electrons. The summed E-state index contributed by atoms with van der Waals surface area (Å²) in [5, 5.41) is 5.70. The quantitative estimate of drug-likeness (QED) is 0.810. The van der Waals surface area contributed by atoms with Gasteiger partial charge in [-0.05, 0) is 50.3 Å². The van der Waals surface area contributed by atoms with Crippen LogP contribution in [0.25, 0.3) is 0 Å². The van der Waals surface area contributed by atoms with Crippen LogP contribution in [-0.2, 0) is 14.3 Å². The number of hydrogen-bond donors (Lipinski definition) is 2. The summed E-state index contributed by atoms with van der Waals surface area (Å²) in [5.74, 6) is -0.0125. The molecule has 1 aromatic rings. The van der Waals surface area contributed by atoms with Crippen molar-refractivity contribution in [1.29, 1.82) is 0 Å². The Balaban J connectivity index is 1.73. The summed E-state index contributed by atoms with van der Waals surface area (Å²) in [7, 11) is 0. The Morgan fingerprint density at radius 2 is 2.14 bits per heavy atom. The molecule has 1 saturated carbocycles. The van der Waals surface area contributed by atoms with Crippen LogP contribution < -0.4 is 10.6 Å². The molecule has 0 bridgehead atoms. The van der Waals surface area contributed by atoms with Crippen LogP contribution in [0.3, 0.4) is 0 Å². The van der Waals surface area contributed by atoms with Crippen molar-refractivity contribution in [1.82, 2.24) is 5.32 Å². The van der Waals surface area contributed by atoms with Gasteiger partial charge >= 0.3 is 0 Å². The average Bonchev–Trinajstić information content (AvgIpc) is 3.29. The molecule has 2 rings (SSSR count). The van der Waals surface area contributed by atoms with Crippen molar-refractivity contribution in [2.24, 2.45) is 5.92 Å².